The third-order valence-corrected chi connectivity index (χ3v) is 6.05. The highest BCUT2D eigenvalue weighted by Gasteiger charge is 2.46. The monoisotopic (exact) mass is 501 g/mol. The van der Waals surface area contributed by atoms with Crippen molar-refractivity contribution in [2.24, 2.45) is 5.92 Å². The summed E-state index contributed by atoms with van der Waals surface area (Å²) < 4.78 is 5.76. The number of benzene rings is 2. The Hall–Kier alpha value is -4.53. The number of aliphatic hydroxyl groups is 1. The molecule has 3 aromatic rings. The van der Waals surface area contributed by atoms with E-state index in [1.807, 2.05) is 13.8 Å². The van der Waals surface area contributed by atoms with Crippen LogP contribution in [0.25, 0.3) is 5.76 Å². The van der Waals surface area contributed by atoms with E-state index in [1.165, 1.54) is 23.1 Å². The summed E-state index contributed by atoms with van der Waals surface area (Å²) in [5.41, 5.74) is 1.71. The highest BCUT2D eigenvalue weighted by Crippen LogP contribution is 2.41. The number of likely N-dealkylation sites (tertiary alicyclic amines) is 1. The average Bonchev–Trinajstić information content (AvgIpc) is 3.12. The van der Waals surface area contributed by atoms with Crippen LogP contribution in [0.2, 0.25) is 0 Å². The Morgan fingerprint density at radius 1 is 1.16 bits per heavy atom. The van der Waals surface area contributed by atoms with Gasteiger partial charge in [-0.15, -0.1) is 0 Å². The zero-order valence-electron chi connectivity index (χ0n) is 20.7. The molecule has 1 amide bonds. The number of nitro benzene ring substituents is 1. The number of hydrogen-bond donors (Lipinski definition) is 1. The summed E-state index contributed by atoms with van der Waals surface area (Å²) >= 11 is 0. The van der Waals surface area contributed by atoms with E-state index in [-0.39, 0.29) is 23.6 Å². The number of hydrogen-bond acceptors (Lipinski definition) is 7. The maximum absolute atomic E-state index is 13.3. The lowest BCUT2D eigenvalue weighted by molar-refractivity contribution is -0.384. The van der Waals surface area contributed by atoms with Crippen LogP contribution in [-0.2, 0) is 16.1 Å². The van der Waals surface area contributed by atoms with Gasteiger partial charge in [-0.05, 0) is 53.8 Å². The second kappa shape index (κ2) is 10.6. The number of rotatable bonds is 8. The molecule has 1 N–H and O–H groups in total. The Kier molecular flexibility index (Phi) is 7.33. The summed E-state index contributed by atoms with van der Waals surface area (Å²) in [6.07, 6.45) is 3.16. The van der Waals surface area contributed by atoms with Crippen LogP contribution in [0.5, 0.6) is 5.75 Å². The highest BCUT2D eigenvalue weighted by molar-refractivity contribution is 6.46. The fourth-order valence-electron chi connectivity index (χ4n) is 4.29. The summed E-state index contributed by atoms with van der Waals surface area (Å²) in [5.74, 6) is -1.07. The SMILES string of the molecule is Cc1cc(OCC(C)C)ccc1/C(O)=C1\C(=O)C(=O)N(Cc2cccnc2)[C@@H]1c1cccc([N+](=O)[O-])c1. The van der Waals surface area contributed by atoms with Crippen LogP contribution in [-0.4, -0.2) is 38.2 Å². The zero-order valence-corrected chi connectivity index (χ0v) is 20.7. The molecule has 0 spiro atoms. The second-order valence-electron chi connectivity index (χ2n) is 9.32. The average molecular weight is 502 g/mol. The molecule has 9 heteroatoms. The Labute approximate surface area is 214 Å². The van der Waals surface area contributed by atoms with Crippen LogP contribution < -0.4 is 4.74 Å². The predicted octanol–water partition coefficient (Wildman–Crippen LogP) is 4.95. The van der Waals surface area contributed by atoms with Gasteiger partial charge in [-0.25, -0.2) is 0 Å². The number of pyridine rings is 1. The van der Waals surface area contributed by atoms with Gasteiger partial charge in [0.05, 0.1) is 23.1 Å². The van der Waals surface area contributed by atoms with E-state index in [2.05, 4.69) is 4.98 Å². The van der Waals surface area contributed by atoms with E-state index in [0.29, 0.717) is 40.5 Å². The van der Waals surface area contributed by atoms with Crippen molar-refractivity contribution >= 4 is 23.1 Å². The van der Waals surface area contributed by atoms with Gasteiger partial charge in [-0.2, -0.15) is 0 Å². The van der Waals surface area contributed by atoms with Crippen molar-refractivity contribution in [1.82, 2.24) is 9.88 Å². The maximum Gasteiger partial charge on any atom is 0.295 e. The van der Waals surface area contributed by atoms with E-state index >= 15 is 0 Å². The molecular formula is C28H27N3O6. The normalized spacial score (nSPS) is 16.9. The Morgan fingerprint density at radius 2 is 1.95 bits per heavy atom. The first kappa shape index (κ1) is 25.6. The molecular weight excluding hydrogens is 474 g/mol. The molecule has 1 atom stereocenters. The van der Waals surface area contributed by atoms with Crippen molar-refractivity contribution in [1.29, 1.82) is 0 Å². The van der Waals surface area contributed by atoms with E-state index in [1.54, 1.807) is 55.7 Å². The third-order valence-electron chi connectivity index (χ3n) is 6.05. The minimum atomic E-state index is -1.03. The van der Waals surface area contributed by atoms with Crippen LogP contribution in [0.15, 0.2) is 72.6 Å². The Morgan fingerprint density at radius 3 is 2.59 bits per heavy atom. The van der Waals surface area contributed by atoms with Gasteiger partial charge in [0.15, 0.2) is 0 Å². The van der Waals surface area contributed by atoms with Crippen molar-refractivity contribution in [3.05, 3.63) is 105 Å². The summed E-state index contributed by atoms with van der Waals surface area (Å²) in [6.45, 7) is 6.39. The number of ketones is 1. The van der Waals surface area contributed by atoms with Crippen molar-refractivity contribution in [2.45, 2.75) is 33.4 Å². The third kappa shape index (κ3) is 5.35. The Balaban J connectivity index is 1.83. The molecule has 4 rings (SSSR count). The van der Waals surface area contributed by atoms with Crippen LogP contribution in [0, 0.1) is 23.0 Å². The number of carbonyl (C=O) groups is 2. The standard InChI is InChI=1S/C28H27N3O6/c1-17(2)16-37-22-9-10-23(18(3)12-22)26(32)24-25(20-7-4-8-21(13-20)31(35)36)30(28(34)27(24)33)15-19-6-5-11-29-14-19/h4-14,17,25,32H,15-16H2,1-3H3/b26-24+/t25-/m1/s1. The first-order chi connectivity index (χ1) is 17.7. The van der Waals surface area contributed by atoms with Gasteiger partial charge in [0.2, 0.25) is 0 Å². The van der Waals surface area contributed by atoms with Gasteiger partial charge in [0.25, 0.3) is 17.4 Å². The minimum absolute atomic E-state index is 0.0313. The number of aliphatic hydroxyl groups excluding tert-OH is 1. The molecule has 0 aliphatic carbocycles. The maximum atomic E-state index is 13.3. The van der Waals surface area contributed by atoms with Gasteiger partial charge in [-0.1, -0.05) is 32.0 Å². The van der Waals surface area contributed by atoms with Crippen LogP contribution >= 0.6 is 0 Å². The minimum Gasteiger partial charge on any atom is -0.507 e. The summed E-state index contributed by atoms with van der Waals surface area (Å²) in [6, 6.07) is 13.3. The number of carbonyl (C=O) groups excluding carboxylic acids is 2. The van der Waals surface area contributed by atoms with Gasteiger partial charge < -0.3 is 14.7 Å². The fourth-order valence-corrected chi connectivity index (χ4v) is 4.29. The zero-order chi connectivity index (χ0) is 26.7. The summed E-state index contributed by atoms with van der Waals surface area (Å²) in [7, 11) is 0. The van der Waals surface area contributed by atoms with Gasteiger partial charge >= 0.3 is 0 Å². The van der Waals surface area contributed by atoms with Gasteiger partial charge in [-0.3, -0.25) is 24.7 Å². The first-order valence-electron chi connectivity index (χ1n) is 11.8. The quantitative estimate of drug-likeness (QED) is 0.152. The van der Waals surface area contributed by atoms with E-state index in [0.717, 1.165) is 0 Å². The number of non-ortho nitro benzene ring substituents is 1. The van der Waals surface area contributed by atoms with Crippen molar-refractivity contribution < 1.29 is 24.4 Å². The molecule has 2 aromatic carbocycles. The summed E-state index contributed by atoms with van der Waals surface area (Å²) in [5, 5.41) is 22.8. The largest absolute Gasteiger partial charge is 0.507 e. The highest BCUT2D eigenvalue weighted by atomic mass is 16.6. The lowest BCUT2D eigenvalue weighted by Crippen LogP contribution is -2.29. The molecule has 1 aliphatic heterocycles. The molecule has 190 valence electrons. The number of ether oxygens (including phenoxy) is 1. The number of nitrogens with zero attached hydrogens (tertiary/aromatic N) is 3. The molecule has 0 bridgehead atoms. The van der Waals surface area contributed by atoms with E-state index in [9.17, 15) is 24.8 Å². The Bertz CT molecular complexity index is 1380. The van der Waals surface area contributed by atoms with Gasteiger partial charge in [0, 0.05) is 36.6 Å². The molecule has 9 nitrogen and oxygen atoms in total. The molecule has 2 heterocycles. The number of aryl methyl sites for hydroxylation is 1. The van der Waals surface area contributed by atoms with Crippen LogP contribution in [0.1, 0.15) is 42.1 Å². The lowest BCUT2D eigenvalue weighted by atomic mass is 9.93. The van der Waals surface area contributed by atoms with Crippen molar-refractivity contribution in [3.63, 3.8) is 0 Å². The lowest BCUT2D eigenvalue weighted by Gasteiger charge is -2.25. The van der Waals surface area contributed by atoms with Gasteiger partial charge in [0.1, 0.15) is 11.5 Å². The molecule has 1 saturated heterocycles. The smallest absolute Gasteiger partial charge is 0.295 e. The second-order valence-corrected chi connectivity index (χ2v) is 9.32. The fraction of sp³-hybridized carbons (Fsp3) is 0.250. The van der Waals surface area contributed by atoms with E-state index < -0.39 is 22.7 Å². The number of nitro groups is 1. The summed E-state index contributed by atoms with van der Waals surface area (Å²) in [4.78, 5) is 42.8. The number of amides is 1. The van der Waals surface area contributed by atoms with Crippen molar-refractivity contribution in [2.75, 3.05) is 6.61 Å². The number of aromatic nitrogens is 1. The molecule has 0 unspecified atom stereocenters. The first-order valence-corrected chi connectivity index (χ1v) is 11.8. The molecule has 37 heavy (non-hydrogen) atoms. The molecule has 0 saturated carbocycles. The molecule has 1 aromatic heterocycles. The number of Topliss-reactive ketones (excluding diaryl/α,β-unsaturated/α-hetero) is 1. The van der Waals surface area contributed by atoms with Crippen LogP contribution in [0.4, 0.5) is 5.69 Å². The molecule has 1 fully saturated rings. The topological polar surface area (TPSA) is 123 Å². The van der Waals surface area contributed by atoms with Crippen molar-refractivity contribution in [3.8, 4) is 5.75 Å². The molecule has 1 aliphatic rings. The predicted molar refractivity (Wildman–Crippen MR) is 137 cm³/mol. The van der Waals surface area contributed by atoms with Crippen LogP contribution in [0.3, 0.4) is 0 Å². The van der Waals surface area contributed by atoms with E-state index in [4.69, 9.17) is 4.74 Å². The molecule has 0 radical (unpaired) electrons.